The molecule has 0 aliphatic carbocycles. The van der Waals surface area contributed by atoms with E-state index in [1.165, 1.54) is 109 Å². The lowest BCUT2D eigenvalue weighted by Crippen LogP contribution is -2.53. The molecule has 0 heterocycles. The summed E-state index contributed by atoms with van der Waals surface area (Å²) in [6.07, 6.45) is 21.9. The number of carbonyl (C=O) groups excluding carboxylic acids is 1. The van der Waals surface area contributed by atoms with Gasteiger partial charge in [0, 0.05) is 0 Å². The Hall–Kier alpha value is -0.770. The highest BCUT2D eigenvalue weighted by molar-refractivity contribution is 5.81. The average Bonchev–Trinajstić information content (AvgIpc) is 3.05. The molecule has 8 N–H and O–H groups in total. The Balaban J connectivity index is 4.83. The average molecular weight is 660 g/mol. The Bertz CT molecular complexity index is 681. The van der Waals surface area contributed by atoms with Gasteiger partial charge in [0.05, 0.1) is 24.2 Å². The molecular formula is C38H77NO7. The summed E-state index contributed by atoms with van der Waals surface area (Å²) in [6, 6.07) is 0. The van der Waals surface area contributed by atoms with Crippen LogP contribution in [0.5, 0.6) is 0 Å². The number of hydrogen-bond donors (Lipinski definition) is 7. The highest BCUT2D eigenvalue weighted by Gasteiger charge is 2.46. The number of amides is 1. The van der Waals surface area contributed by atoms with Gasteiger partial charge in [-0.2, -0.15) is 0 Å². The second kappa shape index (κ2) is 30.3. The van der Waals surface area contributed by atoms with E-state index in [0.717, 1.165) is 44.9 Å². The number of unbranched alkanes of at least 4 members (excludes halogenated alkanes) is 23. The van der Waals surface area contributed by atoms with Crippen molar-refractivity contribution in [2.24, 2.45) is 11.1 Å². The molecule has 6 atom stereocenters. The van der Waals surface area contributed by atoms with E-state index >= 15 is 0 Å². The van der Waals surface area contributed by atoms with Crippen molar-refractivity contribution in [1.82, 2.24) is 0 Å². The van der Waals surface area contributed by atoms with Crippen LogP contribution in [0.15, 0.2) is 0 Å². The van der Waals surface area contributed by atoms with E-state index in [0.29, 0.717) is 12.8 Å². The maximum absolute atomic E-state index is 13.0. The van der Waals surface area contributed by atoms with E-state index in [1.807, 2.05) is 0 Å². The van der Waals surface area contributed by atoms with E-state index in [-0.39, 0.29) is 12.8 Å². The van der Waals surface area contributed by atoms with Crippen LogP contribution < -0.4 is 5.73 Å². The fourth-order valence-corrected chi connectivity index (χ4v) is 6.76. The largest absolute Gasteiger partial charge is 0.394 e. The van der Waals surface area contributed by atoms with Gasteiger partial charge < -0.3 is 36.4 Å². The molecule has 0 aliphatic rings. The van der Waals surface area contributed by atoms with Gasteiger partial charge in [-0.05, 0) is 19.3 Å². The van der Waals surface area contributed by atoms with Gasteiger partial charge in [-0.3, -0.25) is 4.79 Å². The van der Waals surface area contributed by atoms with Crippen LogP contribution in [-0.4, -0.2) is 73.7 Å². The number of aliphatic hydroxyl groups is 6. The van der Waals surface area contributed by atoms with Gasteiger partial charge >= 0.3 is 0 Å². The maximum atomic E-state index is 13.0. The molecule has 8 heteroatoms. The smallest absolute Gasteiger partial charge is 0.226 e. The van der Waals surface area contributed by atoms with Crippen molar-refractivity contribution in [3.8, 4) is 0 Å². The third kappa shape index (κ3) is 21.3. The molecule has 8 nitrogen and oxygen atoms in total. The highest BCUT2D eigenvalue weighted by atomic mass is 16.4. The van der Waals surface area contributed by atoms with Crippen LogP contribution in [0, 0.1) is 5.41 Å². The topological polar surface area (TPSA) is 164 Å². The van der Waals surface area contributed by atoms with Crippen LogP contribution in [0.4, 0.5) is 0 Å². The minimum Gasteiger partial charge on any atom is -0.394 e. The third-order valence-electron chi connectivity index (χ3n) is 10.1. The molecule has 276 valence electrons. The van der Waals surface area contributed by atoms with Crippen molar-refractivity contribution >= 4 is 5.91 Å². The van der Waals surface area contributed by atoms with Gasteiger partial charge in [-0.15, -0.1) is 0 Å². The second-order valence-electron chi connectivity index (χ2n) is 14.2. The number of nitrogens with two attached hydrogens (primary N) is 1. The molecule has 0 aromatic heterocycles. The molecule has 0 aliphatic heterocycles. The zero-order valence-electron chi connectivity index (χ0n) is 30.1. The van der Waals surface area contributed by atoms with E-state index < -0.39 is 48.4 Å². The first kappa shape index (κ1) is 45.2. The van der Waals surface area contributed by atoms with Crippen molar-refractivity contribution < 1.29 is 35.4 Å². The Morgan fingerprint density at radius 1 is 0.522 bits per heavy atom. The normalized spacial score (nSPS) is 16.5. The lowest BCUT2D eigenvalue weighted by molar-refractivity contribution is -0.150. The lowest BCUT2D eigenvalue weighted by atomic mass is 9.70. The van der Waals surface area contributed by atoms with E-state index in [9.17, 15) is 30.3 Å². The first-order valence-electron chi connectivity index (χ1n) is 19.5. The SMILES string of the molecule is CCCCCCCCCCCCCCCC(O)C(CCCCCCCCCCCCCC)(CC(O)C(O)C(O)C(O)CO)C(N)=O. The number of hydrogen-bond acceptors (Lipinski definition) is 7. The van der Waals surface area contributed by atoms with Crippen LogP contribution in [0.2, 0.25) is 0 Å². The number of rotatable bonds is 35. The molecule has 0 bridgehead atoms. The molecule has 0 rings (SSSR count). The van der Waals surface area contributed by atoms with Gasteiger partial charge in [-0.1, -0.05) is 174 Å². The number of aliphatic hydroxyl groups excluding tert-OH is 6. The molecular weight excluding hydrogens is 582 g/mol. The molecule has 0 spiro atoms. The molecule has 0 aromatic rings. The van der Waals surface area contributed by atoms with E-state index in [2.05, 4.69) is 13.8 Å². The lowest BCUT2D eigenvalue weighted by Gasteiger charge is -2.39. The Morgan fingerprint density at radius 2 is 0.848 bits per heavy atom. The van der Waals surface area contributed by atoms with Crippen molar-refractivity contribution in [3.05, 3.63) is 0 Å². The van der Waals surface area contributed by atoms with Crippen LogP contribution in [0.3, 0.4) is 0 Å². The molecule has 0 aromatic carbocycles. The summed E-state index contributed by atoms with van der Waals surface area (Å²) in [5, 5.41) is 61.7. The molecule has 6 unspecified atom stereocenters. The first-order chi connectivity index (χ1) is 22.2. The maximum Gasteiger partial charge on any atom is 0.226 e. The summed E-state index contributed by atoms with van der Waals surface area (Å²) in [6.45, 7) is 3.69. The second-order valence-corrected chi connectivity index (χ2v) is 14.2. The summed E-state index contributed by atoms with van der Waals surface area (Å²) in [5.74, 6) is -0.721. The van der Waals surface area contributed by atoms with Gasteiger partial charge in [0.2, 0.25) is 5.91 Å². The van der Waals surface area contributed by atoms with Crippen LogP contribution in [-0.2, 0) is 4.79 Å². The summed E-state index contributed by atoms with van der Waals surface area (Å²) in [5.41, 5.74) is 4.46. The van der Waals surface area contributed by atoms with Gasteiger partial charge in [0.25, 0.3) is 0 Å². The van der Waals surface area contributed by atoms with Crippen molar-refractivity contribution in [3.63, 3.8) is 0 Å². The molecule has 0 radical (unpaired) electrons. The summed E-state index contributed by atoms with van der Waals surface area (Å²) < 4.78 is 0. The Morgan fingerprint density at radius 3 is 1.20 bits per heavy atom. The predicted octanol–water partition coefficient (Wildman–Crippen LogP) is 7.22. The summed E-state index contributed by atoms with van der Waals surface area (Å²) >= 11 is 0. The van der Waals surface area contributed by atoms with Crippen LogP contribution in [0.25, 0.3) is 0 Å². The number of primary amides is 1. The molecule has 1 amide bonds. The zero-order valence-corrected chi connectivity index (χ0v) is 30.1. The van der Waals surface area contributed by atoms with Gasteiger partial charge in [0.1, 0.15) is 18.3 Å². The molecule has 0 saturated heterocycles. The molecule has 0 saturated carbocycles. The monoisotopic (exact) mass is 660 g/mol. The summed E-state index contributed by atoms with van der Waals surface area (Å²) in [7, 11) is 0. The van der Waals surface area contributed by atoms with Crippen molar-refractivity contribution in [1.29, 1.82) is 0 Å². The predicted molar refractivity (Wildman–Crippen MR) is 189 cm³/mol. The van der Waals surface area contributed by atoms with Gasteiger partial charge in [0.15, 0.2) is 0 Å². The van der Waals surface area contributed by atoms with E-state index in [1.54, 1.807) is 0 Å². The van der Waals surface area contributed by atoms with Crippen LogP contribution >= 0.6 is 0 Å². The first-order valence-corrected chi connectivity index (χ1v) is 19.5. The zero-order chi connectivity index (χ0) is 34.5. The quantitative estimate of drug-likeness (QED) is 0.0353. The highest BCUT2D eigenvalue weighted by Crippen LogP contribution is 2.38. The van der Waals surface area contributed by atoms with Crippen molar-refractivity contribution in [2.75, 3.05) is 6.61 Å². The summed E-state index contributed by atoms with van der Waals surface area (Å²) in [4.78, 5) is 13.0. The molecule has 46 heavy (non-hydrogen) atoms. The molecule has 0 fully saturated rings. The fourth-order valence-electron chi connectivity index (χ4n) is 6.76. The minimum atomic E-state index is -1.80. The van der Waals surface area contributed by atoms with E-state index in [4.69, 9.17) is 10.8 Å². The van der Waals surface area contributed by atoms with Crippen LogP contribution in [0.1, 0.15) is 194 Å². The fraction of sp³-hybridized carbons (Fsp3) is 0.974. The van der Waals surface area contributed by atoms with Gasteiger partial charge in [-0.25, -0.2) is 0 Å². The van der Waals surface area contributed by atoms with Crippen molar-refractivity contribution in [2.45, 2.75) is 224 Å². The standard InChI is InChI=1S/C38H77NO7/c1-3-5-7-9-11-13-15-17-18-20-22-24-26-28-34(43)38(37(39)46,30-32(41)35(44)36(45)33(42)31-40)29-27-25-23-21-19-16-14-12-10-8-6-4-2/h32-36,40-45H,3-31H2,1-2H3,(H2,39,46). The Labute approximate surface area is 283 Å². The minimum absolute atomic E-state index is 0.280. The number of carbonyl (C=O) groups is 1. The third-order valence-corrected chi connectivity index (χ3v) is 10.1. The Kier molecular flexibility index (Phi) is 29.8.